The van der Waals surface area contributed by atoms with Crippen LogP contribution in [0, 0.1) is 5.92 Å². The van der Waals surface area contributed by atoms with E-state index in [1.54, 1.807) is 0 Å². The van der Waals surface area contributed by atoms with Gasteiger partial charge in [-0.2, -0.15) is 0 Å². The van der Waals surface area contributed by atoms with E-state index >= 15 is 0 Å². The van der Waals surface area contributed by atoms with Crippen LogP contribution in [0.4, 0.5) is 17.2 Å². The Bertz CT molecular complexity index is 1280. The first-order chi connectivity index (χ1) is 14.6. The minimum Gasteiger partial charge on any atom is -0.478 e. The molecule has 28 heavy (non-hydrogen) atoms. The lowest BCUT2D eigenvalue weighted by Crippen LogP contribution is -2.17. The number of amides is 1. The molecular formula is C18H15ClN4O4S. The molecule has 0 unspecified atom stereocenters. The predicted octanol–water partition coefficient (Wildman–Crippen LogP) is 3.44. The van der Waals surface area contributed by atoms with Gasteiger partial charge in [-0.3, -0.25) is 9.59 Å². The molecule has 1 aliphatic carbocycles. The highest BCUT2D eigenvalue weighted by Crippen LogP contribution is 2.35. The Labute approximate surface area is 172 Å². The number of hydrogen-bond acceptors (Lipinski definition) is 6. The summed E-state index contributed by atoms with van der Waals surface area (Å²) in [4.78, 5) is 40.5. The second-order valence-corrected chi connectivity index (χ2v) is 7.60. The second kappa shape index (κ2) is 6.92. The molecule has 1 fully saturated rings. The summed E-state index contributed by atoms with van der Waals surface area (Å²) in [6.07, 6.45) is 3.73. The fourth-order valence-electron chi connectivity index (χ4n) is 2.71. The van der Waals surface area contributed by atoms with E-state index in [0.29, 0.717) is 9.27 Å². The normalized spacial score (nSPS) is 15.5. The number of anilines is 3. The molecule has 3 heterocycles. The van der Waals surface area contributed by atoms with Crippen LogP contribution in [0.1, 0.15) is 27.3 Å². The van der Waals surface area contributed by atoms with Crippen LogP contribution < -0.4 is 16.2 Å². The van der Waals surface area contributed by atoms with Crippen molar-refractivity contribution in [1.82, 2.24) is 9.55 Å². The van der Waals surface area contributed by atoms with E-state index in [2.05, 4.69) is 15.6 Å². The molecule has 0 saturated heterocycles. The van der Waals surface area contributed by atoms with Crippen LogP contribution in [0.15, 0.2) is 28.6 Å². The van der Waals surface area contributed by atoms with Gasteiger partial charge in [0.25, 0.3) is 5.56 Å². The van der Waals surface area contributed by atoms with Crippen LogP contribution in [0.5, 0.6) is 0 Å². The van der Waals surface area contributed by atoms with Crippen molar-refractivity contribution in [1.29, 1.82) is 0 Å². The van der Waals surface area contributed by atoms with Crippen LogP contribution in [0.2, 0.25) is 5.02 Å². The van der Waals surface area contributed by atoms with Gasteiger partial charge in [0, 0.05) is 40.8 Å². The van der Waals surface area contributed by atoms with Crippen LogP contribution >= 0.6 is 22.9 Å². The molecule has 1 aliphatic rings. The van der Waals surface area contributed by atoms with Crippen molar-refractivity contribution in [3.63, 3.8) is 0 Å². The zero-order valence-corrected chi connectivity index (χ0v) is 15.7. The standard InChI is InChI=1S/C18H15ClN4O4S/c1-23-6-10(19)15-14(17(23)25)12(7-28-15)21-11-4-13(20-5-9(11)18(26)27)22-16(24)8-2-3-8/h4-8H,2-3H2,1H3,(H,26,27)(H2,20,21,22,24)/i1D3. The number of aromatic carboxylic acids is 1. The van der Waals surface area contributed by atoms with Gasteiger partial charge in [-0.1, -0.05) is 11.6 Å². The number of rotatable bonds is 5. The molecule has 3 N–H and O–H groups in total. The smallest absolute Gasteiger partial charge is 0.339 e. The lowest BCUT2D eigenvalue weighted by atomic mass is 10.2. The number of hydrogen-bond donors (Lipinski definition) is 3. The fraction of sp³-hybridized carbons (Fsp3) is 0.222. The average Bonchev–Trinajstić information content (AvgIpc) is 3.44. The molecule has 144 valence electrons. The third kappa shape index (κ3) is 3.34. The van der Waals surface area contributed by atoms with Crippen LogP contribution in [-0.2, 0) is 11.8 Å². The Morgan fingerprint density at radius 3 is 2.89 bits per heavy atom. The number of carbonyl (C=O) groups is 2. The summed E-state index contributed by atoms with van der Waals surface area (Å²) >= 11 is 7.29. The van der Waals surface area contributed by atoms with Crippen molar-refractivity contribution in [3.8, 4) is 0 Å². The quantitative estimate of drug-likeness (QED) is 0.581. The van der Waals surface area contributed by atoms with E-state index in [1.807, 2.05) is 0 Å². The SMILES string of the molecule is [2H]C([2H])([2H])n1cc(Cl)c2scc(Nc3cc(NC(=O)C4CC4)ncc3C(=O)O)c2c1=O. The third-order valence-electron chi connectivity index (χ3n) is 4.29. The molecule has 3 aromatic heterocycles. The number of halogens is 1. The van der Waals surface area contributed by atoms with Gasteiger partial charge in [0.05, 0.1) is 26.5 Å². The van der Waals surface area contributed by atoms with Crippen molar-refractivity contribution >= 4 is 62.1 Å². The molecule has 0 atom stereocenters. The summed E-state index contributed by atoms with van der Waals surface area (Å²) < 4.78 is 23.6. The molecule has 10 heteroatoms. The highest BCUT2D eigenvalue weighted by atomic mass is 35.5. The number of fused-ring (bicyclic) bond motifs is 1. The molecule has 0 aromatic carbocycles. The Kier molecular flexibility index (Phi) is 3.72. The highest BCUT2D eigenvalue weighted by Gasteiger charge is 2.30. The van der Waals surface area contributed by atoms with Gasteiger partial charge < -0.3 is 20.3 Å². The van der Waals surface area contributed by atoms with Gasteiger partial charge in [0.15, 0.2) is 0 Å². The van der Waals surface area contributed by atoms with Gasteiger partial charge in [0.1, 0.15) is 11.4 Å². The molecular weight excluding hydrogens is 404 g/mol. The number of aryl methyl sites for hydroxylation is 1. The number of pyridine rings is 2. The largest absolute Gasteiger partial charge is 0.478 e. The lowest BCUT2D eigenvalue weighted by molar-refractivity contribution is -0.117. The predicted molar refractivity (Wildman–Crippen MR) is 108 cm³/mol. The van der Waals surface area contributed by atoms with E-state index in [-0.39, 0.29) is 45.0 Å². The van der Waals surface area contributed by atoms with Crippen molar-refractivity contribution in [2.45, 2.75) is 12.8 Å². The topological polar surface area (TPSA) is 113 Å². The first-order valence-electron chi connectivity index (χ1n) is 9.70. The molecule has 3 aromatic rings. The second-order valence-electron chi connectivity index (χ2n) is 6.31. The zero-order valence-electron chi connectivity index (χ0n) is 17.2. The number of nitrogens with zero attached hydrogens (tertiary/aromatic N) is 2. The molecule has 1 saturated carbocycles. The molecule has 8 nitrogen and oxygen atoms in total. The summed E-state index contributed by atoms with van der Waals surface area (Å²) in [5.41, 5.74) is -0.718. The van der Waals surface area contributed by atoms with E-state index < -0.39 is 18.5 Å². The molecule has 0 aliphatic heterocycles. The average molecular weight is 422 g/mol. The lowest BCUT2D eigenvalue weighted by Gasteiger charge is -2.11. The monoisotopic (exact) mass is 421 g/mol. The Hall–Kier alpha value is -2.91. The van der Waals surface area contributed by atoms with Crippen molar-refractivity contribution in [2.24, 2.45) is 12.9 Å². The van der Waals surface area contributed by atoms with Crippen LogP contribution in [-0.4, -0.2) is 26.5 Å². The Morgan fingerprint density at radius 1 is 1.43 bits per heavy atom. The fourth-order valence-corrected chi connectivity index (χ4v) is 3.92. The van der Waals surface area contributed by atoms with Crippen molar-refractivity contribution in [3.05, 3.63) is 44.8 Å². The van der Waals surface area contributed by atoms with E-state index in [0.717, 1.165) is 36.6 Å². The first kappa shape index (κ1) is 15.1. The van der Waals surface area contributed by atoms with E-state index in [1.165, 1.54) is 11.4 Å². The molecule has 4 rings (SSSR count). The minimum absolute atomic E-state index is 0.0188. The van der Waals surface area contributed by atoms with E-state index in [4.69, 9.17) is 15.7 Å². The first-order valence-corrected chi connectivity index (χ1v) is 9.46. The van der Waals surface area contributed by atoms with Gasteiger partial charge >= 0.3 is 5.97 Å². The van der Waals surface area contributed by atoms with Crippen molar-refractivity contribution in [2.75, 3.05) is 10.6 Å². The number of nitrogens with one attached hydrogen (secondary N) is 2. The van der Waals surface area contributed by atoms with Gasteiger partial charge in [-0.05, 0) is 12.8 Å². The third-order valence-corrected chi connectivity index (χ3v) is 5.70. The number of aromatic nitrogens is 2. The summed E-state index contributed by atoms with van der Waals surface area (Å²) in [7, 11) is 0. The van der Waals surface area contributed by atoms with Gasteiger partial charge in [-0.15, -0.1) is 11.3 Å². The summed E-state index contributed by atoms with van der Waals surface area (Å²) in [6, 6.07) is 1.35. The van der Waals surface area contributed by atoms with Crippen molar-refractivity contribution < 1.29 is 18.8 Å². The summed E-state index contributed by atoms with van der Waals surface area (Å²) in [5, 5.41) is 16.6. The molecule has 0 spiro atoms. The maximum atomic E-state index is 12.8. The summed E-state index contributed by atoms with van der Waals surface area (Å²) in [5.74, 6) is -1.39. The Morgan fingerprint density at radius 2 is 2.21 bits per heavy atom. The van der Waals surface area contributed by atoms with Gasteiger partial charge in [-0.25, -0.2) is 9.78 Å². The van der Waals surface area contributed by atoms with Gasteiger partial charge in [0.2, 0.25) is 5.91 Å². The maximum Gasteiger partial charge on any atom is 0.339 e. The van der Waals surface area contributed by atoms with Crippen LogP contribution in [0.3, 0.4) is 0 Å². The Balaban J connectivity index is 1.79. The minimum atomic E-state index is -2.74. The number of thiophene rings is 1. The number of carboxylic acids is 1. The zero-order chi connectivity index (χ0) is 22.5. The number of carbonyl (C=O) groups excluding carboxylic acids is 1. The highest BCUT2D eigenvalue weighted by molar-refractivity contribution is 7.18. The molecule has 0 bridgehead atoms. The van der Waals surface area contributed by atoms with Crippen LogP contribution in [0.25, 0.3) is 10.1 Å². The molecule has 0 radical (unpaired) electrons. The molecule has 1 amide bonds. The van der Waals surface area contributed by atoms with E-state index in [9.17, 15) is 19.5 Å². The maximum absolute atomic E-state index is 12.8. The number of carboxylic acid groups (broad SMARTS) is 1. The summed E-state index contributed by atoms with van der Waals surface area (Å²) in [6.45, 7) is -2.74.